The molecule has 0 aromatic carbocycles. The van der Waals surface area contributed by atoms with Crippen LogP contribution in [-0.2, 0) is 4.74 Å². The van der Waals surface area contributed by atoms with Crippen molar-refractivity contribution in [3.05, 3.63) is 39.7 Å². The number of carbonyl (C=O) groups is 1. The molecule has 3 aromatic rings. The van der Waals surface area contributed by atoms with E-state index in [1.807, 2.05) is 0 Å². The van der Waals surface area contributed by atoms with Gasteiger partial charge in [-0.15, -0.1) is 11.3 Å². The van der Waals surface area contributed by atoms with Crippen LogP contribution in [0.15, 0.2) is 32.8 Å². The zero-order valence-corrected chi connectivity index (χ0v) is 10.6. The van der Waals surface area contributed by atoms with Gasteiger partial charge < -0.3 is 14.1 Å². The van der Waals surface area contributed by atoms with Crippen molar-refractivity contribution < 1.29 is 13.9 Å². The number of hydrogen-bond donors (Lipinski definition) is 1. The topological polar surface area (TPSA) is 85.2 Å². The Kier molecular flexibility index (Phi) is 2.68. The summed E-state index contributed by atoms with van der Waals surface area (Å²) < 4.78 is 9.84. The molecule has 0 atom stereocenters. The van der Waals surface area contributed by atoms with E-state index in [4.69, 9.17) is 4.42 Å². The van der Waals surface area contributed by atoms with Crippen molar-refractivity contribution in [3.63, 3.8) is 0 Å². The van der Waals surface area contributed by atoms with Gasteiger partial charge in [0, 0.05) is 0 Å². The van der Waals surface area contributed by atoms with E-state index >= 15 is 0 Å². The van der Waals surface area contributed by atoms with Gasteiger partial charge in [-0.05, 0) is 23.6 Å². The molecule has 1 N–H and O–H groups in total. The number of nitrogens with zero attached hydrogens (tertiary/aromatic N) is 1. The Labute approximate surface area is 110 Å². The van der Waals surface area contributed by atoms with Gasteiger partial charge in [-0.3, -0.25) is 4.79 Å². The predicted molar refractivity (Wildman–Crippen MR) is 69.3 cm³/mol. The van der Waals surface area contributed by atoms with Crippen LogP contribution < -0.4 is 5.56 Å². The van der Waals surface area contributed by atoms with Crippen LogP contribution >= 0.6 is 11.3 Å². The summed E-state index contributed by atoms with van der Waals surface area (Å²) in [6, 6.07) is 4.74. The van der Waals surface area contributed by atoms with Gasteiger partial charge in [0.15, 0.2) is 11.6 Å². The first-order valence-electron chi connectivity index (χ1n) is 5.35. The molecule has 0 fully saturated rings. The number of furan rings is 1. The molecule has 0 bridgehead atoms. The molecular weight excluding hydrogens is 268 g/mol. The number of aromatic amines is 1. The number of aromatic nitrogens is 2. The number of nitrogens with one attached hydrogen (secondary N) is 1. The van der Waals surface area contributed by atoms with E-state index < -0.39 is 5.97 Å². The first-order chi connectivity index (χ1) is 9.19. The Morgan fingerprint density at radius 3 is 3.05 bits per heavy atom. The quantitative estimate of drug-likeness (QED) is 0.724. The molecule has 0 aliphatic rings. The molecule has 0 amide bonds. The maximum absolute atomic E-state index is 11.8. The van der Waals surface area contributed by atoms with Crippen LogP contribution in [0.1, 0.15) is 10.6 Å². The molecule has 96 valence electrons. The number of fused-ring (bicyclic) bond motifs is 1. The highest BCUT2D eigenvalue weighted by molar-refractivity contribution is 7.16. The van der Waals surface area contributed by atoms with Crippen molar-refractivity contribution in [1.82, 2.24) is 9.97 Å². The van der Waals surface area contributed by atoms with Crippen LogP contribution in [0.4, 0.5) is 0 Å². The summed E-state index contributed by atoms with van der Waals surface area (Å²) >= 11 is 1.36. The monoisotopic (exact) mass is 276 g/mol. The summed E-state index contributed by atoms with van der Waals surface area (Å²) in [7, 11) is 1.27. The minimum Gasteiger partial charge on any atom is -0.463 e. The van der Waals surface area contributed by atoms with E-state index in [1.54, 1.807) is 17.5 Å². The molecule has 3 rings (SSSR count). The maximum Gasteiger partial charge on any atom is 0.373 e. The molecule has 0 radical (unpaired) electrons. The lowest BCUT2D eigenvalue weighted by Gasteiger charge is -1.97. The fourth-order valence-corrected chi connectivity index (χ4v) is 2.42. The SMILES string of the molecule is COC(=O)c1ccc(-c2nc3sccc3c(=O)[nH]2)o1. The molecule has 0 aliphatic carbocycles. The summed E-state index contributed by atoms with van der Waals surface area (Å²) in [6.45, 7) is 0. The summed E-state index contributed by atoms with van der Waals surface area (Å²) in [4.78, 5) is 30.6. The Balaban J connectivity index is 2.11. The molecule has 3 heterocycles. The summed E-state index contributed by atoms with van der Waals surface area (Å²) in [5.74, 6) is 0.0835. The van der Waals surface area contributed by atoms with Crippen LogP contribution in [-0.4, -0.2) is 23.0 Å². The Hall–Kier alpha value is -2.41. The van der Waals surface area contributed by atoms with E-state index in [-0.39, 0.29) is 17.1 Å². The van der Waals surface area contributed by atoms with Crippen molar-refractivity contribution in [2.24, 2.45) is 0 Å². The van der Waals surface area contributed by atoms with Gasteiger partial charge in [-0.1, -0.05) is 0 Å². The van der Waals surface area contributed by atoms with Gasteiger partial charge in [-0.2, -0.15) is 0 Å². The van der Waals surface area contributed by atoms with Gasteiger partial charge in [0.2, 0.25) is 5.76 Å². The smallest absolute Gasteiger partial charge is 0.373 e. The minimum atomic E-state index is -0.578. The molecule has 7 heteroatoms. The molecule has 19 heavy (non-hydrogen) atoms. The third-order valence-corrected chi connectivity index (χ3v) is 3.37. The Morgan fingerprint density at radius 2 is 2.26 bits per heavy atom. The fourth-order valence-electron chi connectivity index (χ4n) is 1.66. The molecule has 0 spiro atoms. The number of ether oxygens (including phenoxy) is 1. The van der Waals surface area contributed by atoms with Crippen LogP contribution in [0.5, 0.6) is 0 Å². The van der Waals surface area contributed by atoms with E-state index in [0.717, 1.165) is 0 Å². The number of carbonyl (C=O) groups excluding carboxylic acids is 1. The van der Waals surface area contributed by atoms with Crippen molar-refractivity contribution in [1.29, 1.82) is 0 Å². The van der Waals surface area contributed by atoms with Crippen molar-refractivity contribution in [2.45, 2.75) is 0 Å². The average molecular weight is 276 g/mol. The second kappa shape index (κ2) is 4.36. The third-order valence-electron chi connectivity index (χ3n) is 2.56. The lowest BCUT2D eigenvalue weighted by atomic mass is 10.3. The highest BCUT2D eigenvalue weighted by Gasteiger charge is 2.14. The van der Waals surface area contributed by atoms with Crippen molar-refractivity contribution in [3.8, 4) is 11.6 Å². The van der Waals surface area contributed by atoms with Crippen LogP contribution in [0.2, 0.25) is 0 Å². The number of methoxy groups -OCH3 is 1. The molecule has 0 aliphatic heterocycles. The average Bonchev–Trinajstić information content (AvgIpc) is 3.06. The third kappa shape index (κ3) is 1.93. The second-order valence-corrected chi connectivity index (χ2v) is 4.60. The molecule has 0 unspecified atom stereocenters. The highest BCUT2D eigenvalue weighted by atomic mass is 32.1. The first-order valence-corrected chi connectivity index (χ1v) is 6.23. The Morgan fingerprint density at radius 1 is 1.42 bits per heavy atom. The lowest BCUT2D eigenvalue weighted by Crippen LogP contribution is -2.07. The van der Waals surface area contributed by atoms with E-state index in [9.17, 15) is 9.59 Å². The van der Waals surface area contributed by atoms with Crippen molar-refractivity contribution in [2.75, 3.05) is 7.11 Å². The van der Waals surface area contributed by atoms with Gasteiger partial charge in [0.1, 0.15) is 4.83 Å². The lowest BCUT2D eigenvalue weighted by molar-refractivity contribution is 0.0566. The van der Waals surface area contributed by atoms with E-state index in [2.05, 4.69) is 14.7 Å². The van der Waals surface area contributed by atoms with Crippen molar-refractivity contribution >= 4 is 27.5 Å². The van der Waals surface area contributed by atoms with Gasteiger partial charge in [0.25, 0.3) is 5.56 Å². The minimum absolute atomic E-state index is 0.0615. The van der Waals surface area contributed by atoms with Crippen LogP contribution in [0.3, 0.4) is 0 Å². The Bertz CT molecular complexity index is 814. The standard InChI is InChI=1S/C12H8N2O4S/c1-17-12(16)8-3-2-7(18-8)9-13-10(15)6-4-5-19-11(6)14-9/h2-5H,1H3,(H,13,14,15). The predicted octanol–water partition coefficient (Wildman–Crippen LogP) is 2.03. The van der Waals surface area contributed by atoms with E-state index in [0.29, 0.717) is 16.0 Å². The molecule has 0 saturated heterocycles. The summed E-state index contributed by atoms with van der Waals surface area (Å²) in [5, 5.41) is 2.33. The molecular formula is C12H8N2O4S. The number of rotatable bonds is 2. The summed E-state index contributed by atoms with van der Waals surface area (Å²) in [5.41, 5.74) is -0.239. The fraction of sp³-hybridized carbons (Fsp3) is 0.0833. The first kappa shape index (κ1) is 11.7. The largest absolute Gasteiger partial charge is 0.463 e. The van der Waals surface area contributed by atoms with Gasteiger partial charge >= 0.3 is 5.97 Å². The summed E-state index contributed by atoms with van der Waals surface area (Å²) in [6.07, 6.45) is 0. The molecule has 6 nitrogen and oxygen atoms in total. The number of hydrogen-bond acceptors (Lipinski definition) is 6. The van der Waals surface area contributed by atoms with Crippen LogP contribution in [0.25, 0.3) is 21.8 Å². The number of thiophene rings is 1. The normalized spacial score (nSPS) is 10.8. The molecule has 3 aromatic heterocycles. The number of H-pyrrole nitrogens is 1. The van der Waals surface area contributed by atoms with Gasteiger partial charge in [0.05, 0.1) is 12.5 Å². The molecule has 0 saturated carbocycles. The maximum atomic E-state index is 11.8. The zero-order valence-electron chi connectivity index (χ0n) is 9.80. The van der Waals surface area contributed by atoms with E-state index in [1.165, 1.54) is 24.5 Å². The second-order valence-electron chi connectivity index (χ2n) is 3.71. The van der Waals surface area contributed by atoms with Gasteiger partial charge in [-0.25, -0.2) is 9.78 Å². The van der Waals surface area contributed by atoms with Crippen LogP contribution in [0, 0.1) is 0 Å². The zero-order chi connectivity index (χ0) is 13.4. The highest BCUT2D eigenvalue weighted by Crippen LogP contribution is 2.21. The number of esters is 1.